The van der Waals surface area contributed by atoms with Gasteiger partial charge in [-0.2, -0.15) is 0 Å². The quantitative estimate of drug-likeness (QED) is 0.864. The third-order valence-corrected chi connectivity index (χ3v) is 3.77. The van der Waals surface area contributed by atoms with Crippen LogP contribution in [-0.4, -0.2) is 17.1 Å². The van der Waals surface area contributed by atoms with Crippen LogP contribution in [0.15, 0.2) is 18.2 Å². The van der Waals surface area contributed by atoms with E-state index in [0.29, 0.717) is 18.4 Å². The fourth-order valence-electron chi connectivity index (χ4n) is 2.60. The van der Waals surface area contributed by atoms with Gasteiger partial charge in [0.05, 0.1) is 0 Å². The zero-order valence-electron chi connectivity index (χ0n) is 10.7. The highest BCUT2D eigenvalue weighted by molar-refractivity contribution is 5.82. The van der Waals surface area contributed by atoms with Crippen molar-refractivity contribution in [2.45, 2.75) is 44.7 Å². The van der Waals surface area contributed by atoms with Gasteiger partial charge in [0.1, 0.15) is 11.4 Å². The van der Waals surface area contributed by atoms with Crippen LogP contribution in [-0.2, 0) is 16.8 Å². The Bertz CT molecular complexity index is 475. The summed E-state index contributed by atoms with van der Waals surface area (Å²) in [4.78, 5) is 11.7. The molecule has 0 saturated heterocycles. The molecule has 0 amide bonds. The lowest BCUT2D eigenvalue weighted by Gasteiger charge is -2.30. The molecule has 0 heterocycles. The maximum atomic E-state index is 13.2. The van der Waals surface area contributed by atoms with Crippen molar-refractivity contribution < 1.29 is 14.3 Å². The molecule has 0 radical (unpaired) electrons. The predicted octanol–water partition coefficient (Wildman–Crippen LogP) is 2.44. The van der Waals surface area contributed by atoms with E-state index >= 15 is 0 Å². The van der Waals surface area contributed by atoms with Crippen molar-refractivity contribution in [3.8, 4) is 0 Å². The van der Waals surface area contributed by atoms with Gasteiger partial charge in [-0.3, -0.25) is 5.32 Å². The molecular weight excluding hydrogens is 233 g/mol. The second-order valence-electron chi connectivity index (χ2n) is 4.97. The standard InChI is InChI=1S/C14H18FNO2/c1-3-9(2)16-14(13(17)18)7-6-10-8-11(15)4-5-12(10)14/h4-5,8-9,16H,3,6-7H2,1-2H3,(H,17,18). The summed E-state index contributed by atoms with van der Waals surface area (Å²) in [5.41, 5.74) is 0.447. The molecule has 1 aliphatic carbocycles. The van der Waals surface area contributed by atoms with E-state index in [2.05, 4.69) is 5.32 Å². The van der Waals surface area contributed by atoms with Crippen molar-refractivity contribution in [2.24, 2.45) is 0 Å². The normalized spacial score (nSPS) is 23.7. The lowest BCUT2D eigenvalue weighted by atomic mass is 9.90. The van der Waals surface area contributed by atoms with E-state index < -0.39 is 11.5 Å². The first-order valence-corrected chi connectivity index (χ1v) is 6.29. The third-order valence-electron chi connectivity index (χ3n) is 3.77. The summed E-state index contributed by atoms with van der Waals surface area (Å²) in [5, 5.41) is 12.8. The van der Waals surface area contributed by atoms with Gasteiger partial charge in [-0.05, 0) is 49.4 Å². The zero-order valence-corrected chi connectivity index (χ0v) is 10.7. The van der Waals surface area contributed by atoms with E-state index in [0.717, 1.165) is 12.0 Å². The van der Waals surface area contributed by atoms with Crippen LogP contribution in [0.2, 0.25) is 0 Å². The van der Waals surface area contributed by atoms with Crippen molar-refractivity contribution in [3.05, 3.63) is 35.1 Å². The minimum absolute atomic E-state index is 0.108. The molecule has 0 spiro atoms. The number of rotatable bonds is 4. The molecule has 2 unspecified atom stereocenters. The van der Waals surface area contributed by atoms with Gasteiger partial charge in [0, 0.05) is 6.04 Å². The summed E-state index contributed by atoms with van der Waals surface area (Å²) >= 11 is 0. The third kappa shape index (κ3) is 2.01. The van der Waals surface area contributed by atoms with Crippen LogP contribution in [0.4, 0.5) is 4.39 Å². The molecular formula is C14H18FNO2. The molecule has 2 rings (SSSR count). The number of aryl methyl sites for hydroxylation is 1. The molecule has 2 atom stereocenters. The second kappa shape index (κ2) is 4.69. The first-order valence-electron chi connectivity index (χ1n) is 6.29. The first-order chi connectivity index (χ1) is 8.49. The minimum Gasteiger partial charge on any atom is -0.480 e. The first kappa shape index (κ1) is 13.0. The molecule has 4 heteroatoms. The number of hydrogen-bond donors (Lipinski definition) is 2. The molecule has 98 valence electrons. The van der Waals surface area contributed by atoms with Gasteiger partial charge in [0.15, 0.2) is 0 Å². The predicted molar refractivity (Wildman–Crippen MR) is 66.9 cm³/mol. The molecule has 0 aliphatic heterocycles. The van der Waals surface area contributed by atoms with E-state index in [9.17, 15) is 14.3 Å². The van der Waals surface area contributed by atoms with E-state index in [1.54, 1.807) is 6.07 Å². The summed E-state index contributed by atoms with van der Waals surface area (Å²) in [6.45, 7) is 3.97. The van der Waals surface area contributed by atoms with Gasteiger partial charge in [0.25, 0.3) is 0 Å². The highest BCUT2D eigenvalue weighted by Crippen LogP contribution is 2.38. The largest absolute Gasteiger partial charge is 0.480 e. The average molecular weight is 251 g/mol. The van der Waals surface area contributed by atoms with E-state index in [1.807, 2.05) is 13.8 Å². The Hall–Kier alpha value is -1.42. The molecule has 0 aromatic heterocycles. The molecule has 0 fully saturated rings. The number of carboxylic acids is 1. The van der Waals surface area contributed by atoms with Crippen LogP contribution < -0.4 is 5.32 Å². The Morgan fingerprint density at radius 1 is 1.61 bits per heavy atom. The number of hydrogen-bond acceptors (Lipinski definition) is 2. The SMILES string of the molecule is CCC(C)NC1(C(=O)O)CCc2cc(F)ccc21. The topological polar surface area (TPSA) is 49.3 Å². The number of halogens is 1. The van der Waals surface area contributed by atoms with Crippen LogP contribution in [0.3, 0.4) is 0 Å². The summed E-state index contributed by atoms with van der Waals surface area (Å²) in [6, 6.07) is 4.48. The van der Waals surface area contributed by atoms with E-state index in [4.69, 9.17) is 0 Å². The molecule has 0 saturated carbocycles. The number of aliphatic carboxylic acids is 1. The van der Waals surface area contributed by atoms with Crippen molar-refractivity contribution in [1.82, 2.24) is 5.32 Å². The van der Waals surface area contributed by atoms with Crippen LogP contribution >= 0.6 is 0 Å². The monoisotopic (exact) mass is 251 g/mol. The fraction of sp³-hybridized carbons (Fsp3) is 0.500. The van der Waals surface area contributed by atoms with Crippen molar-refractivity contribution >= 4 is 5.97 Å². The van der Waals surface area contributed by atoms with E-state index in [-0.39, 0.29) is 11.9 Å². The Morgan fingerprint density at radius 3 is 2.94 bits per heavy atom. The smallest absolute Gasteiger partial charge is 0.328 e. The Balaban J connectivity index is 2.44. The lowest BCUT2D eigenvalue weighted by molar-refractivity contribution is -0.145. The Labute approximate surface area is 106 Å². The second-order valence-corrected chi connectivity index (χ2v) is 4.97. The van der Waals surface area contributed by atoms with Crippen LogP contribution in [0, 0.1) is 5.82 Å². The minimum atomic E-state index is -1.06. The Morgan fingerprint density at radius 2 is 2.33 bits per heavy atom. The number of benzene rings is 1. The van der Waals surface area contributed by atoms with Crippen molar-refractivity contribution in [2.75, 3.05) is 0 Å². The summed E-state index contributed by atoms with van der Waals surface area (Å²) in [6.07, 6.45) is 1.93. The van der Waals surface area contributed by atoms with Gasteiger partial charge in [0.2, 0.25) is 0 Å². The van der Waals surface area contributed by atoms with Crippen LogP contribution in [0.1, 0.15) is 37.8 Å². The molecule has 1 aliphatic rings. The molecule has 3 nitrogen and oxygen atoms in total. The number of nitrogens with one attached hydrogen (secondary N) is 1. The van der Waals surface area contributed by atoms with Crippen LogP contribution in [0.5, 0.6) is 0 Å². The van der Waals surface area contributed by atoms with Gasteiger partial charge < -0.3 is 5.11 Å². The molecule has 0 bridgehead atoms. The average Bonchev–Trinajstić information content (AvgIpc) is 2.68. The van der Waals surface area contributed by atoms with Crippen LogP contribution in [0.25, 0.3) is 0 Å². The number of fused-ring (bicyclic) bond motifs is 1. The number of carbonyl (C=O) groups is 1. The molecule has 18 heavy (non-hydrogen) atoms. The lowest BCUT2D eigenvalue weighted by Crippen LogP contribution is -2.51. The Kier molecular flexibility index (Phi) is 3.39. The van der Waals surface area contributed by atoms with Gasteiger partial charge in [-0.1, -0.05) is 13.0 Å². The summed E-state index contributed by atoms with van der Waals surface area (Å²) < 4.78 is 13.2. The number of carboxylic acid groups (broad SMARTS) is 1. The molecule has 2 N–H and O–H groups in total. The van der Waals surface area contributed by atoms with Gasteiger partial charge in [-0.15, -0.1) is 0 Å². The molecule has 1 aromatic rings. The summed E-state index contributed by atoms with van der Waals surface area (Å²) in [7, 11) is 0. The maximum Gasteiger partial charge on any atom is 0.328 e. The van der Waals surface area contributed by atoms with E-state index in [1.165, 1.54) is 12.1 Å². The fourth-order valence-corrected chi connectivity index (χ4v) is 2.60. The van der Waals surface area contributed by atoms with Crippen molar-refractivity contribution in [3.63, 3.8) is 0 Å². The highest BCUT2D eigenvalue weighted by atomic mass is 19.1. The molecule has 1 aromatic carbocycles. The highest BCUT2D eigenvalue weighted by Gasteiger charge is 2.46. The van der Waals surface area contributed by atoms with Crippen molar-refractivity contribution in [1.29, 1.82) is 0 Å². The maximum absolute atomic E-state index is 13.2. The summed E-state index contributed by atoms with van der Waals surface area (Å²) in [5.74, 6) is -1.19. The zero-order chi connectivity index (χ0) is 13.3. The van der Waals surface area contributed by atoms with Gasteiger partial charge in [-0.25, -0.2) is 9.18 Å². The van der Waals surface area contributed by atoms with Gasteiger partial charge >= 0.3 is 5.97 Å².